The smallest absolute Gasteiger partial charge is 0.199 e. The highest BCUT2D eigenvalue weighted by molar-refractivity contribution is 5.80. The summed E-state index contributed by atoms with van der Waals surface area (Å²) in [4.78, 5) is 10.0. The Morgan fingerprint density at radius 1 is 0.895 bits per heavy atom. The molecule has 0 bridgehead atoms. The van der Waals surface area contributed by atoms with Crippen LogP contribution in [-0.4, -0.2) is 15.0 Å². The second-order valence-electron chi connectivity index (χ2n) is 3.78. The third kappa shape index (κ3) is 1.66. The van der Waals surface area contributed by atoms with Gasteiger partial charge >= 0.3 is 0 Å². The van der Waals surface area contributed by atoms with E-state index in [1.54, 1.807) is 18.2 Å². The lowest BCUT2D eigenvalue weighted by molar-refractivity contribution is 0.417. The van der Waals surface area contributed by atoms with E-state index in [4.69, 9.17) is 0 Å². The second-order valence-corrected chi connectivity index (χ2v) is 3.78. The summed E-state index contributed by atoms with van der Waals surface area (Å²) in [5, 5.41) is 0. The maximum atomic E-state index is 13.5. The molecule has 0 amide bonds. The number of H-pyrrole nitrogens is 1. The van der Waals surface area contributed by atoms with Crippen LogP contribution in [0.25, 0.3) is 22.6 Å². The quantitative estimate of drug-likeness (QED) is 0.418. The van der Waals surface area contributed by atoms with E-state index >= 15 is 0 Å². The van der Waals surface area contributed by atoms with Crippen LogP contribution in [0.15, 0.2) is 24.4 Å². The standard InChI is InChI=1S/C12H5F4N3/c13-6-7(14)9(16)11-10(8(6)15)18-12(19-11)5-3-1-2-4-17-5/h1-4H,(H,18,19). The molecule has 0 fully saturated rings. The van der Waals surface area contributed by atoms with E-state index in [9.17, 15) is 17.6 Å². The lowest BCUT2D eigenvalue weighted by Crippen LogP contribution is -1.97. The van der Waals surface area contributed by atoms with Crippen molar-refractivity contribution in [1.29, 1.82) is 0 Å². The summed E-state index contributed by atoms with van der Waals surface area (Å²) >= 11 is 0. The van der Waals surface area contributed by atoms with Crippen LogP contribution in [0.1, 0.15) is 0 Å². The van der Waals surface area contributed by atoms with Gasteiger partial charge in [-0.25, -0.2) is 22.5 Å². The number of halogens is 4. The molecule has 0 aliphatic rings. The summed E-state index contributed by atoms with van der Waals surface area (Å²) < 4.78 is 53.1. The van der Waals surface area contributed by atoms with Crippen LogP contribution in [0.3, 0.4) is 0 Å². The maximum Gasteiger partial charge on any atom is 0.199 e. The van der Waals surface area contributed by atoms with Gasteiger partial charge in [0.05, 0.1) is 0 Å². The Hall–Kier alpha value is -2.44. The third-order valence-electron chi connectivity index (χ3n) is 2.62. The molecule has 0 saturated heterocycles. The highest BCUT2D eigenvalue weighted by Crippen LogP contribution is 2.27. The first-order valence-corrected chi connectivity index (χ1v) is 5.22. The van der Waals surface area contributed by atoms with Crippen LogP contribution in [0.5, 0.6) is 0 Å². The highest BCUT2D eigenvalue weighted by atomic mass is 19.2. The minimum atomic E-state index is -1.89. The van der Waals surface area contributed by atoms with Crippen molar-refractivity contribution in [2.75, 3.05) is 0 Å². The SMILES string of the molecule is Fc1c(F)c(F)c2[nH]c(-c3ccccn3)nc2c1F. The van der Waals surface area contributed by atoms with Crippen LogP contribution in [-0.2, 0) is 0 Å². The van der Waals surface area contributed by atoms with Crippen molar-refractivity contribution in [1.82, 2.24) is 15.0 Å². The number of hydrogen-bond donors (Lipinski definition) is 1. The van der Waals surface area contributed by atoms with E-state index in [-0.39, 0.29) is 5.82 Å². The van der Waals surface area contributed by atoms with Crippen LogP contribution >= 0.6 is 0 Å². The van der Waals surface area contributed by atoms with Crippen molar-refractivity contribution in [3.05, 3.63) is 47.7 Å². The third-order valence-corrected chi connectivity index (χ3v) is 2.62. The van der Waals surface area contributed by atoms with Gasteiger partial charge in [-0.1, -0.05) is 6.07 Å². The molecule has 96 valence electrons. The Balaban J connectivity index is 2.33. The molecule has 1 aromatic carbocycles. The fraction of sp³-hybridized carbons (Fsp3) is 0. The molecule has 0 saturated carbocycles. The topological polar surface area (TPSA) is 41.6 Å². The summed E-state index contributed by atoms with van der Waals surface area (Å²) in [7, 11) is 0. The van der Waals surface area contributed by atoms with Gasteiger partial charge in [-0.3, -0.25) is 4.98 Å². The van der Waals surface area contributed by atoms with Gasteiger partial charge in [-0.05, 0) is 12.1 Å². The molecule has 19 heavy (non-hydrogen) atoms. The van der Waals surface area contributed by atoms with E-state index in [0.717, 1.165) is 0 Å². The van der Waals surface area contributed by atoms with E-state index in [1.165, 1.54) is 6.20 Å². The maximum absolute atomic E-state index is 13.5. The zero-order valence-electron chi connectivity index (χ0n) is 9.22. The minimum absolute atomic E-state index is 0.0263. The van der Waals surface area contributed by atoms with Crippen molar-refractivity contribution in [2.24, 2.45) is 0 Å². The molecule has 0 aliphatic heterocycles. The number of pyridine rings is 1. The molecule has 0 radical (unpaired) electrons. The van der Waals surface area contributed by atoms with E-state index in [1.807, 2.05) is 0 Å². The van der Waals surface area contributed by atoms with Crippen LogP contribution < -0.4 is 0 Å². The van der Waals surface area contributed by atoms with Crippen molar-refractivity contribution in [3.8, 4) is 11.5 Å². The number of aromatic nitrogens is 3. The first kappa shape index (κ1) is 11.6. The van der Waals surface area contributed by atoms with Gasteiger partial charge in [-0.2, -0.15) is 0 Å². The first-order chi connectivity index (χ1) is 9.09. The molecule has 3 nitrogen and oxygen atoms in total. The Labute approximate surface area is 103 Å². The molecule has 3 aromatic rings. The Kier molecular flexibility index (Phi) is 2.48. The normalized spacial score (nSPS) is 11.2. The number of fused-ring (bicyclic) bond motifs is 1. The number of rotatable bonds is 1. The lowest BCUT2D eigenvalue weighted by Gasteiger charge is -1.97. The molecule has 1 N–H and O–H groups in total. The van der Waals surface area contributed by atoms with Gasteiger partial charge in [0.1, 0.15) is 16.7 Å². The molecule has 0 atom stereocenters. The molecular formula is C12H5F4N3. The van der Waals surface area contributed by atoms with E-state index in [2.05, 4.69) is 15.0 Å². The van der Waals surface area contributed by atoms with Crippen molar-refractivity contribution < 1.29 is 17.6 Å². The zero-order chi connectivity index (χ0) is 13.6. The molecule has 0 unspecified atom stereocenters. The molecular weight excluding hydrogens is 262 g/mol. The Morgan fingerprint density at radius 2 is 1.63 bits per heavy atom. The number of benzene rings is 1. The fourth-order valence-corrected chi connectivity index (χ4v) is 1.72. The molecule has 0 spiro atoms. The van der Waals surface area contributed by atoms with Crippen molar-refractivity contribution >= 4 is 11.0 Å². The minimum Gasteiger partial charge on any atom is -0.334 e. The van der Waals surface area contributed by atoms with Crippen LogP contribution in [0.4, 0.5) is 17.6 Å². The van der Waals surface area contributed by atoms with Gasteiger partial charge in [0.2, 0.25) is 0 Å². The van der Waals surface area contributed by atoms with Crippen molar-refractivity contribution in [3.63, 3.8) is 0 Å². The molecule has 3 rings (SSSR count). The molecule has 2 aromatic heterocycles. The zero-order valence-corrected chi connectivity index (χ0v) is 9.22. The Bertz CT molecular complexity index is 723. The van der Waals surface area contributed by atoms with Crippen LogP contribution in [0, 0.1) is 23.3 Å². The second kappa shape index (κ2) is 4.04. The summed E-state index contributed by atoms with van der Waals surface area (Å²) in [5.41, 5.74) is -0.826. The molecule has 0 aliphatic carbocycles. The van der Waals surface area contributed by atoms with E-state index in [0.29, 0.717) is 5.69 Å². The van der Waals surface area contributed by atoms with Gasteiger partial charge in [0, 0.05) is 6.20 Å². The summed E-state index contributed by atoms with van der Waals surface area (Å²) in [6, 6.07) is 4.83. The van der Waals surface area contributed by atoms with E-state index < -0.39 is 34.3 Å². The molecule has 7 heteroatoms. The number of nitrogens with zero attached hydrogens (tertiary/aromatic N) is 2. The Morgan fingerprint density at radius 3 is 2.32 bits per heavy atom. The predicted octanol–water partition coefficient (Wildman–Crippen LogP) is 3.18. The van der Waals surface area contributed by atoms with Gasteiger partial charge < -0.3 is 4.98 Å². The fourth-order valence-electron chi connectivity index (χ4n) is 1.72. The number of aromatic amines is 1. The molecule has 2 heterocycles. The van der Waals surface area contributed by atoms with Gasteiger partial charge in [0.25, 0.3) is 0 Å². The number of hydrogen-bond acceptors (Lipinski definition) is 2. The monoisotopic (exact) mass is 267 g/mol. The number of imidazole rings is 1. The highest BCUT2D eigenvalue weighted by Gasteiger charge is 2.23. The van der Waals surface area contributed by atoms with Crippen molar-refractivity contribution in [2.45, 2.75) is 0 Å². The first-order valence-electron chi connectivity index (χ1n) is 5.22. The number of nitrogens with one attached hydrogen (secondary N) is 1. The predicted molar refractivity (Wildman–Crippen MR) is 59.2 cm³/mol. The lowest BCUT2D eigenvalue weighted by atomic mass is 10.2. The summed E-state index contributed by atoms with van der Waals surface area (Å²) in [6.45, 7) is 0. The van der Waals surface area contributed by atoms with Gasteiger partial charge in [-0.15, -0.1) is 0 Å². The van der Waals surface area contributed by atoms with Crippen LogP contribution in [0.2, 0.25) is 0 Å². The summed E-state index contributed by atoms with van der Waals surface area (Å²) in [6.07, 6.45) is 1.45. The summed E-state index contributed by atoms with van der Waals surface area (Å²) in [5.74, 6) is -6.78. The average Bonchev–Trinajstić information content (AvgIpc) is 2.89. The average molecular weight is 267 g/mol. The largest absolute Gasteiger partial charge is 0.334 e. The van der Waals surface area contributed by atoms with Gasteiger partial charge in [0.15, 0.2) is 29.1 Å².